The van der Waals surface area contributed by atoms with Crippen molar-refractivity contribution >= 4 is 34.2 Å². The van der Waals surface area contributed by atoms with Gasteiger partial charge in [0.25, 0.3) is 5.91 Å². The number of nitrogens with one attached hydrogen (secondary N) is 2. The third-order valence-corrected chi connectivity index (χ3v) is 4.38. The van der Waals surface area contributed by atoms with E-state index >= 15 is 0 Å². The summed E-state index contributed by atoms with van der Waals surface area (Å²) in [7, 11) is 0. The monoisotopic (exact) mass is 364 g/mol. The highest BCUT2D eigenvalue weighted by atomic mass is 79.9. The molecule has 1 saturated heterocycles. The molecule has 3 nitrogen and oxygen atoms in total. The van der Waals surface area contributed by atoms with Crippen LogP contribution >= 0.6 is 28.3 Å². The first kappa shape index (κ1) is 17.4. The Labute approximate surface area is 133 Å². The van der Waals surface area contributed by atoms with Crippen molar-refractivity contribution < 1.29 is 9.18 Å². The number of hydrogen-bond acceptors (Lipinski definition) is 2. The third-order valence-electron chi connectivity index (χ3n) is 3.69. The number of halogens is 3. The fraction of sp³-hybridized carbons (Fsp3) is 0.500. The highest BCUT2D eigenvalue weighted by molar-refractivity contribution is 9.10. The molecule has 1 aliphatic rings. The second-order valence-corrected chi connectivity index (χ2v) is 5.99. The number of carbonyl (C=O) groups excluding carboxylic acids is 1. The van der Waals surface area contributed by atoms with Gasteiger partial charge in [0.1, 0.15) is 5.82 Å². The lowest BCUT2D eigenvalue weighted by molar-refractivity contribution is 0.0896. The van der Waals surface area contributed by atoms with Gasteiger partial charge in [-0.05, 0) is 59.9 Å². The summed E-state index contributed by atoms with van der Waals surface area (Å²) in [5.41, 5.74) is 0.338. The van der Waals surface area contributed by atoms with Crippen molar-refractivity contribution in [1.29, 1.82) is 0 Å². The van der Waals surface area contributed by atoms with Gasteiger partial charge in [-0.2, -0.15) is 0 Å². The van der Waals surface area contributed by atoms with Crippen LogP contribution in [0, 0.1) is 11.7 Å². The molecule has 1 heterocycles. The summed E-state index contributed by atoms with van der Waals surface area (Å²) in [6.07, 6.45) is 1.03. The molecule has 0 aliphatic carbocycles. The fourth-order valence-electron chi connectivity index (χ4n) is 2.51. The molecule has 0 bridgehead atoms. The fourth-order valence-corrected chi connectivity index (χ4v) is 2.93. The number of amides is 1. The van der Waals surface area contributed by atoms with Crippen LogP contribution in [0.25, 0.3) is 0 Å². The molecule has 1 aromatic carbocycles. The Balaban J connectivity index is 0.00000200. The molecular weight excluding hydrogens is 347 g/mol. The van der Waals surface area contributed by atoms with Gasteiger partial charge in [-0.15, -0.1) is 12.4 Å². The molecule has 3 atom stereocenters. The average Bonchev–Trinajstić information content (AvgIpc) is 2.37. The molecule has 2 N–H and O–H groups in total. The first-order valence-electron chi connectivity index (χ1n) is 6.48. The third kappa shape index (κ3) is 3.93. The van der Waals surface area contributed by atoms with Crippen LogP contribution < -0.4 is 10.6 Å². The zero-order chi connectivity index (χ0) is 14.0. The predicted octanol–water partition coefficient (Wildman–Crippen LogP) is 3.13. The SMILES string of the molecule is CC1CCNC(C)C1NC(=O)c1cc(F)ccc1Br.Cl. The Morgan fingerprint density at radius 3 is 2.80 bits per heavy atom. The molecule has 1 fully saturated rings. The topological polar surface area (TPSA) is 41.1 Å². The summed E-state index contributed by atoms with van der Waals surface area (Å²) < 4.78 is 13.8. The van der Waals surface area contributed by atoms with Crippen molar-refractivity contribution in [3.63, 3.8) is 0 Å². The van der Waals surface area contributed by atoms with Gasteiger partial charge in [0.15, 0.2) is 0 Å². The Hall–Kier alpha value is -0.650. The van der Waals surface area contributed by atoms with Crippen LogP contribution in [0.2, 0.25) is 0 Å². The first-order valence-corrected chi connectivity index (χ1v) is 7.27. The van der Waals surface area contributed by atoms with E-state index in [1.54, 1.807) is 6.07 Å². The van der Waals surface area contributed by atoms with Gasteiger partial charge < -0.3 is 10.6 Å². The van der Waals surface area contributed by atoms with E-state index in [-0.39, 0.29) is 30.4 Å². The van der Waals surface area contributed by atoms with Crippen LogP contribution in [0.15, 0.2) is 22.7 Å². The summed E-state index contributed by atoms with van der Waals surface area (Å²) in [5.74, 6) is -0.234. The lowest BCUT2D eigenvalue weighted by Gasteiger charge is -2.36. The molecule has 0 spiro atoms. The smallest absolute Gasteiger partial charge is 0.252 e. The molecule has 6 heteroatoms. The maximum atomic E-state index is 13.2. The molecule has 2 rings (SSSR count). The summed E-state index contributed by atoms with van der Waals surface area (Å²) in [5, 5.41) is 6.35. The zero-order valence-electron chi connectivity index (χ0n) is 11.5. The largest absolute Gasteiger partial charge is 0.347 e. The summed E-state index contributed by atoms with van der Waals surface area (Å²) in [6.45, 7) is 5.16. The molecule has 3 unspecified atom stereocenters. The summed E-state index contributed by atoms with van der Waals surface area (Å²) in [6, 6.07) is 4.42. The molecule has 0 radical (unpaired) electrons. The van der Waals surface area contributed by atoms with Gasteiger partial charge >= 0.3 is 0 Å². The van der Waals surface area contributed by atoms with Gasteiger partial charge in [0.05, 0.1) is 5.56 Å². The highest BCUT2D eigenvalue weighted by Crippen LogP contribution is 2.20. The quantitative estimate of drug-likeness (QED) is 0.845. The van der Waals surface area contributed by atoms with Crippen LogP contribution in [-0.2, 0) is 0 Å². The standard InChI is InChI=1S/C14H18BrFN2O.ClH/c1-8-5-6-17-9(2)13(8)18-14(19)11-7-10(16)3-4-12(11)15;/h3-4,7-9,13,17H,5-6H2,1-2H3,(H,18,19);1H. The molecule has 1 amide bonds. The molecule has 112 valence electrons. The maximum absolute atomic E-state index is 13.2. The Morgan fingerprint density at radius 2 is 2.15 bits per heavy atom. The second-order valence-electron chi connectivity index (χ2n) is 5.13. The van der Waals surface area contributed by atoms with Gasteiger partial charge in [-0.25, -0.2) is 4.39 Å². The van der Waals surface area contributed by atoms with Crippen LogP contribution in [0.3, 0.4) is 0 Å². The Morgan fingerprint density at radius 1 is 1.45 bits per heavy atom. The Kier molecular flexibility index (Phi) is 6.43. The minimum Gasteiger partial charge on any atom is -0.347 e. The summed E-state index contributed by atoms with van der Waals surface area (Å²) >= 11 is 3.28. The number of piperidine rings is 1. The van der Waals surface area contributed by atoms with E-state index in [1.165, 1.54) is 12.1 Å². The summed E-state index contributed by atoms with van der Waals surface area (Å²) in [4.78, 5) is 12.2. The minimum absolute atomic E-state index is 0. The highest BCUT2D eigenvalue weighted by Gasteiger charge is 2.29. The first-order chi connectivity index (χ1) is 8.99. The van der Waals surface area contributed by atoms with E-state index < -0.39 is 5.82 Å². The second kappa shape index (κ2) is 7.38. The van der Waals surface area contributed by atoms with E-state index in [0.717, 1.165) is 13.0 Å². The van der Waals surface area contributed by atoms with Crippen molar-refractivity contribution in [1.82, 2.24) is 10.6 Å². The lowest BCUT2D eigenvalue weighted by atomic mass is 9.89. The minimum atomic E-state index is -0.406. The van der Waals surface area contributed by atoms with E-state index in [2.05, 4.69) is 40.4 Å². The van der Waals surface area contributed by atoms with Crippen LogP contribution in [-0.4, -0.2) is 24.5 Å². The molecule has 1 aromatic rings. The average molecular weight is 366 g/mol. The van der Waals surface area contributed by atoms with Gasteiger partial charge in [0, 0.05) is 16.6 Å². The van der Waals surface area contributed by atoms with Crippen LogP contribution in [0.5, 0.6) is 0 Å². The van der Waals surface area contributed by atoms with Crippen molar-refractivity contribution in [3.8, 4) is 0 Å². The zero-order valence-corrected chi connectivity index (χ0v) is 13.9. The molecule has 20 heavy (non-hydrogen) atoms. The van der Waals surface area contributed by atoms with E-state index in [0.29, 0.717) is 16.0 Å². The van der Waals surface area contributed by atoms with Gasteiger partial charge in [-0.3, -0.25) is 4.79 Å². The van der Waals surface area contributed by atoms with E-state index in [9.17, 15) is 9.18 Å². The predicted molar refractivity (Wildman–Crippen MR) is 83.8 cm³/mol. The number of benzene rings is 1. The molecular formula is C14H19BrClFN2O. The van der Waals surface area contributed by atoms with E-state index in [4.69, 9.17) is 0 Å². The van der Waals surface area contributed by atoms with E-state index in [1.807, 2.05) is 0 Å². The van der Waals surface area contributed by atoms with Crippen molar-refractivity contribution in [3.05, 3.63) is 34.1 Å². The Bertz CT molecular complexity index is 476. The van der Waals surface area contributed by atoms with Gasteiger partial charge in [0.2, 0.25) is 0 Å². The lowest BCUT2D eigenvalue weighted by Crippen LogP contribution is -2.55. The normalized spacial score (nSPS) is 25.7. The van der Waals surface area contributed by atoms with Crippen molar-refractivity contribution in [2.24, 2.45) is 5.92 Å². The van der Waals surface area contributed by atoms with Crippen LogP contribution in [0.1, 0.15) is 30.6 Å². The van der Waals surface area contributed by atoms with Crippen LogP contribution in [0.4, 0.5) is 4.39 Å². The molecule has 0 aromatic heterocycles. The number of carbonyl (C=O) groups is 1. The molecule has 1 aliphatic heterocycles. The molecule has 0 saturated carbocycles. The number of hydrogen-bond donors (Lipinski definition) is 2. The van der Waals surface area contributed by atoms with Gasteiger partial charge in [-0.1, -0.05) is 6.92 Å². The van der Waals surface area contributed by atoms with Crippen molar-refractivity contribution in [2.45, 2.75) is 32.4 Å². The number of rotatable bonds is 2. The van der Waals surface area contributed by atoms with Crippen molar-refractivity contribution in [2.75, 3.05) is 6.54 Å². The maximum Gasteiger partial charge on any atom is 0.252 e.